The van der Waals surface area contributed by atoms with Crippen LogP contribution in [0.4, 0.5) is 0 Å². The molecule has 0 aromatic carbocycles. The molecule has 5 heteroatoms. The van der Waals surface area contributed by atoms with Crippen LogP contribution in [0.15, 0.2) is 0 Å². The Hall–Kier alpha value is -1.10. The van der Waals surface area contributed by atoms with E-state index >= 15 is 0 Å². The highest BCUT2D eigenvalue weighted by molar-refractivity contribution is 5.91. The second-order valence-corrected chi connectivity index (χ2v) is 8.17. The van der Waals surface area contributed by atoms with Crippen molar-refractivity contribution in [3.8, 4) is 0 Å². The molecule has 0 spiro atoms. The number of amides is 2. The summed E-state index contributed by atoms with van der Waals surface area (Å²) >= 11 is 0. The van der Waals surface area contributed by atoms with Crippen molar-refractivity contribution in [2.45, 2.75) is 102 Å². The summed E-state index contributed by atoms with van der Waals surface area (Å²) in [6.45, 7) is 2.95. The molecule has 3 fully saturated rings. The first kappa shape index (κ1) is 18.7. The van der Waals surface area contributed by atoms with E-state index in [4.69, 9.17) is 4.74 Å². The second kappa shape index (κ2) is 8.52. The standard InChI is InChI=1S/C20H34N2O3/c1-16(23)22(15-18-11-8-14-25-18)20(12-6-3-7-13-20)19(24)21-17-9-4-2-5-10-17/h17-18H,2-15H2,1H3,(H,21,24). The first-order valence-electron chi connectivity index (χ1n) is 10.3. The van der Waals surface area contributed by atoms with Crippen molar-refractivity contribution in [3.05, 3.63) is 0 Å². The number of rotatable bonds is 5. The van der Waals surface area contributed by atoms with Gasteiger partial charge in [0.05, 0.1) is 6.10 Å². The van der Waals surface area contributed by atoms with Crippen molar-refractivity contribution in [1.82, 2.24) is 10.2 Å². The molecule has 0 bridgehead atoms. The Labute approximate surface area is 151 Å². The third-order valence-corrected chi connectivity index (χ3v) is 6.35. The first-order chi connectivity index (χ1) is 12.1. The SMILES string of the molecule is CC(=O)N(CC1CCCO1)C1(C(=O)NC2CCCCC2)CCCCC1. The van der Waals surface area contributed by atoms with Gasteiger partial charge in [-0.2, -0.15) is 0 Å². The van der Waals surface area contributed by atoms with Gasteiger partial charge in [0.1, 0.15) is 5.54 Å². The molecule has 2 saturated carbocycles. The van der Waals surface area contributed by atoms with Gasteiger partial charge in [-0.15, -0.1) is 0 Å². The van der Waals surface area contributed by atoms with Crippen LogP contribution in [0.25, 0.3) is 0 Å². The van der Waals surface area contributed by atoms with Gasteiger partial charge in [0.25, 0.3) is 0 Å². The van der Waals surface area contributed by atoms with Gasteiger partial charge in [-0.25, -0.2) is 0 Å². The monoisotopic (exact) mass is 350 g/mol. The Morgan fingerprint density at radius 2 is 1.68 bits per heavy atom. The maximum Gasteiger partial charge on any atom is 0.246 e. The minimum atomic E-state index is -0.659. The third-order valence-electron chi connectivity index (χ3n) is 6.35. The fourth-order valence-corrected chi connectivity index (χ4v) is 4.92. The molecule has 0 radical (unpaired) electrons. The van der Waals surface area contributed by atoms with Crippen LogP contribution in [0.3, 0.4) is 0 Å². The highest BCUT2D eigenvalue weighted by Gasteiger charge is 2.47. The van der Waals surface area contributed by atoms with E-state index in [1.807, 2.05) is 4.90 Å². The molecule has 1 atom stereocenters. The number of carbonyl (C=O) groups is 2. The lowest BCUT2D eigenvalue weighted by Gasteiger charge is -2.46. The van der Waals surface area contributed by atoms with Crippen molar-refractivity contribution >= 4 is 11.8 Å². The minimum absolute atomic E-state index is 0.0104. The highest BCUT2D eigenvalue weighted by atomic mass is 16.5. The maximum absolute atomic E-state index is 13.4. The average Bonchev–Trinajstić information content (AvgIpc) is 3.14. The van der Waals surface area contributed by atoms with Crippen molar-refractivity contribution in [2.75, 3.05) is 13.2 Å². The largest absolute Gasteiger partial charge is 0.376 e. The molecule has 3 aliphatic rings. The van der Waals surface area contributed by atoms with Crippen molar-refractivity contribution in [3.63, 3.8) is 0 Å². The van der Waals surface area contributed by atoms with Crippen LogP contribution in [0.5, 0.6) is 0 Å². The highest BCUT2D eigenvalue weighted by Crippen LogP contribution is 2.36. The number of hydrogen-bond donors (Lipinski definition) is 1. The van der Waals surface area contributed by atoms with Crippen molar-refractivity contribution in [1.29, 1.82) is 0 Å². The smallest absolute Gasteiger partial charge is 0.246 e. The molecule has 1 unspecified atom stereocenters. The van der Waals surface area contributed by atoms with E-state index < -0.39 is 5.54 Å². The number of carbonyl (C=O) groups excluding carboxylic acids is 2. The number of hydrogen-bond acceptors (Lipinski definition) is 3. The molecule has 1 saturated heterocycles. The molecule has 142 valence electrons. The molecule has 3 rings (SSSR count). The molecule has 2 amide bonds. The van der Waals surface area contributed by atoms with E-state index in [2.05, 4.69) is 5.32 Å². The lowest BCUT2D eigenvalue weighted by atomic mass is 9.78. The number of nitrogens with one attached hydrogen (secondary N) is 1. The Kier molecular flexibility index (Phi) is 6.37. The van der Waals surface area contributed by atoms with Crippen LogP contribution in [-0.2, 0) is 14.3 Å². The van der Waals surface area contributed by atoms with Gasteiger partial charge in [-0.05, 0) is 38.5 Å². The lowest BCUT2D eigenvalue weighted by Crippen LogP contribution is -2.63. The quantitative estimate of drug-likeness (QED) is 0.828. The van der Waals surface area contributed by atoms with E-state index in [1.165, 1.54) is 19.3 Å². The molecule has 1 N–H and O–H groups in total. The van der Waals surface area contributed by atoms with Crippen LogP contribution >= 0.6 is 0 Å². The fourth-order valence-electron chi connectivity index (χ4n) is 4.92. The zero-order chi connectivity index (χ0) is 17.7. The Bertz CT molecular complexity index is 462. The zero-order valence-electron chi connectivity index (χ0n) is 15.7. The van der Waals surface area contributed by atoms with E-state index in [0.29, 0.717) is 6.54 Å². The minimum Gasteiger partial charge on any atom is -0.376 e. The Balaban J connectivity index is 1.76. The molecule has 1 heterocycles. The number of nitrogens with zero attached hydrogens (tertiary/aromatic N) is 1. The maximum atomic E-state index is 13.4. The van der Waals surface area contributed by atoms with Crippen LogP contribution in [0, 0.1) is 0 Å². The summed E-state index contributed by atoms with van der Waals surface area (Å²) in [4.78, 5) is 27.7. The number of ether oxygens (including phenoxy) is 1. The second-order valence-electron chi connectivity index (χ2n) is 8.17. The summed E-state index contributed by atoms with van der Waals surface area (Å²) < 4.78 is 5.77. The van der Waals surface area contributed by atoms with Crippen LogP contribution < -0.4 is 5.32 Å². The summed E-state index contributed by atoms with van der Waals surface area (Å²) in [6, 6.07) is 0.289. The third kappa shape index (κ3) is 4.36. The van der Waals surface area contributed by atoms with E-state index in [9.17, 15) is 9.59 Å². The van der Waals surface area contributed by atoms with Gasteiger partial charge < -0.3 is 15.0 Å². The Morgan fingerprint density at radius 3 is 2.28 bits per heavy atom. The van der Waals surface area contributed by atoms with Crippen molar-refractivity contribution in [2.24, 2.45) is 0 Å². The molecule has 0 aromatic rings. The average molecular weight is 351 g/mol. The van der Waals surface area contributed by atoms with Crippen molar-refractivity contribution < 1.29 is 14.3 Å². The zero-order valence-corrected chi connectivity index (χ0v) is 15.7. The van der Waals surface area contributed by atoms with Gasteiger partial charge in [0.15, 0.2) is 0 Å². The van der Waals surface area contributed by atoms with Crippen LogP contribution in [0.1, 0.15) is 84.0 Å². The summed E-state index contributed by atoms with van der Waals surface area (Å²) in [5.74, 6) is 0.100. The van der Waals surface area contributed by atoms with Gasteiger partial charge >= 0.3 is 0 Å². The van der Waals surface area contributed by atoms with Gasteiger partial charge in [-0.3, -0.25) is 9.59 Å². The normalized spacial score (nSPS) is 27.0. The van der Waals surface area contributed by atoms with E-state index in [-0.39, 0.29) is 24.0 Å². The molecule has 2 aliphatic carbocycles. The summed E-state index contributed by atoms with van der Waals surface area (Å²) in [5, 5.41) is 3.32. The Morgan fingerprint density at radius 1 is 1.00 bits per heavy atom. The topological polar surface area (TPSA) is 58.6 Å². The fraction of sp³-hybridized carbons (Fsp3) is 0.900. The summed E-state index contributed by atoms with van der Waals surface area (Å²) in [7, 11) is 0. The van der Waals surface area contributed by atoms with Crippen LogP contribution in [0.2, 0.25) is 0 Å². The van der Waals surface area contributed by atoms with Gasteiger partial charge in [0.2, 0.25) is 11.8 Å². The lowest BCUT2D eigenvalue weighted by molar-refractivity contribution is -0.151. The predicted molar refractivity (Wildman–Crippen MR) is 97.2 cm³/mol. The first-order valence-corrected chi connectivity index (χ1v) is 10.3. The summed E-state index contributed by atoms with van der Waals surface area (Å²) in [6.07, 6.45) is 12.7. The molecular weight excluding hydrogens is 316 g/mol. The van der Waals surface area contributed by atoms with Gasteiger partial charge in [0, 0.05) is 26.1 Å². The molecule has 5 nitrogen and oxygen atoms in total. The van der Waals surface area contributed by atoms with Crippen LogP contribution in [-0.4, -0.2) is 47.6 Å². The molecule has 0 aromatic heterocycles. The summed E-state index contributed by atoms with van der Waals surface area (Å²) in [5.41, 5.74) is -0.659. The van der Waals surface area contributed by atoms with E-state index in [0.717, 1.165) is 64.4 Å². The molecular formula is C20H34N2O3. The van der Waals surface area contributed by atoms with E-state index in [1.54, 1.807) is 6.92 Å². The predicted octanol–water partition coefficient (Wildman–Crippen LogP) is 3.17. The van der Waals surface area contributed by atoms with Gasteiger partial charge in [-0.1, -0.05) is 38.5 Å². The molecule has 1 aliphatic heterocycles. The molecule has 25 heavy (non-hydrogen) atoms.